The van der Waals surface area contributed by atoms with Crippen molar-refractivity contribution in [3.63, 3.8) is 0 Å². The molecule has 0 fully saturated rings. The van der Waals surface area contributed by atoms with Crippen LogP contribution in [-0.2, 0) is 10.5 Å². The quantitative estimate of drug-likeness (QED) is 0.835. The molecule has 1 amide bonds. The number of ether oxygens (including phenoxy) is 1. The number of anilines is 1. The third-order valence-electron chi connectivity index (χ3n) is 2.90. The van der Waals surface area contributed by atoms with E-state index in [2.05, 4.69) is 5.32 Å². The van der Waals surface area contributed by atoms with Crippen LogP contribution in [-0.4, -0.2) is 18.3 Å². The fourth-order valence-electron chi connectivity index (χ4n) is 1.87. The molecule has 0 radical (unpaired) electrons. The van der Waals surface area contributed by atoms with E-state index in [-0.39, 0.29) is 17.5 Å². The van der Waals surface area contributed by atoms with E-state index in [1.807, 2.05) is 19.1 Å². The van der Waals surface area contributed by atoms with Gasteiger partial charge in [0.05, 0.1) is 12.4 Å². The highest BCUT2D eigenvalue weighted by Crippen LogP contribution is 2.18. The fourth-order valence-corrected chi connectivity index (χ4v) is 2.68. The van der Waals surface area contributed by atoms with Gasteiger partial charge in [0.2, 0.25) is 5.91 Å². The number of thioether (sulfide) groups is 1. The minimum Gasteiger partial charge on any atom is -0.494 e. The van der Waals surface area contributed by atoms with Crippen molar-refractivity contribution in [2.45, 2.75) is 12.7 Å². The van der Waals surface area contributed by atoms with E-state index in [0.29, 0.717) is 17.9 Å². The molecule has 0 aromatic heterocycles. The minimum absolute atomic E-state index is 0.106. The summed E-state index contributed by atoms with van der Waals surface area (Å²) in [5, 5.41) is 2.80. The molecular formula is C17H18FNO2S. The highest BCUT2D eigenvalue weighted by atomic mass is 32.2. The van der Waals surface area contributed by atoms with Crippen molar-refractivity contribution in [3.8, 4) is 5.75 Å². The summed E-state index contributed by atoms with van der Waals surface area (Å²) < 4.78 is 18.8. The second-order valence-corrected chi connectivity index (χ2v) is 5.58. The van der Waals surface area contributed by atoms with Crippen LogP contribution >= 0.6 is 11.8 Å². The van der Waals surface area contributed by atoms with Crippen molar-refractivity contribution < 1.29 is 13.9 Å². The zero-order chi connectivity index (χ0) is 15.8. The largest absolute Gasteiger partial charge is 0.494 e. The predicted octanol–water partition coefficient (Wildman–Crippen LogP) is 4.10. The topological polar surface area (TPSA) is 38.3 Å². The molecule has 0 saturated carbocycles. The van der Waals surface area contributed by atoms with E-state index in [9.17, 15) is 9.18 Å². The maximum atomic E-state index is 13.4. The first-order chi connectivity index (χ1) is 10.7. The summed E-state index contributed by atoms with van der Waals surface area (Å²) in [7, 11) is 0. The Hall–Kier alpha value is -2.01. The van der Waals surface area contributed by atoms with Gasteiger partial charge >= 0.3 is 0 Å². The van der Waals surface area contributed by atoms with Gasteiger partial charge in [-0.1, -0.05) is 18.2 Å². The first-order valence-electron chi connectivity index (χ1n) is 7.03. The number of amides is 1. The van der Waals surface area contributed by atoms with E-state index in [4.69, 9.17) is 4.74 Å². The molecule has 2 rings (SSSR count). The predicted molar refractivity (Wildman–Crippen MR) is 88.8 cm³/mol. The van der Waals surface area contributed by atoms with E-state index in [0.717, 1.165) is 11.4 Å². The average molecular weight is 319 g/mol. The number of benzene rings is 2. The van der Waals surface area contributed by atoms with Crippen LogP contribution < -0.4 is 10.1 Å². The zero-order valence-electron chi connectivity index (χ0n) is 12.3. The van der Waals surface area contributed by atoms with Gasteiger partial charge in [-0.05, 0) is 42.8 Å². The molecule has 3 nitrogen and oxygen atoms in total. The van der Waals surface area contributed by atoms with Gasteiger partial charge in [0.15, 0.2) is 0 Å². The number of carbonyl (C=O) groups is 1. The SMILES string of the molecule is CCOc1ccc(NC(=O)CSCc2ccccc2F)cc1. The summed E-state index contributed by atoms with van der Waals surface area (Å²) in [4.78, 5) is 11.8. The first kappa shape index (κ1) is 16.4. The molecule has 0 atom stereocenters. The Morgan fingerprint density at radius 1 is 1.18 bits per heavy atom. The van der Waals surface area contributed by atoms with Crippen molar-refractivity contribution in [2.75, 3.05) is 17.7 Å². The van der Waals surface area contributed by atoms with Gasteiger partial charge in [0.25, 0.3) is 0 Å². The molecule has 0 aliphatic heterocycles. The number of nitrogens with one attached hydrogen (secondary N) is 1. The van der Waals surface area contributed by atoms with Crippen LogP contribution in [0.4, 0.5) is 10.1 Å². The van der Waals surface area contributed by atoms with Gasteiger partial charge in [-0.2, -0.15) is 0 Å². The Bertz CT molecular complexity index is 616. The lowest BCUT2D eigenvalue weighted by Crippen LogP contribution is -2.14. The van der Waals surface area contributed by atoms with Crippen LogP contribution in [0.1, 0.15) is 12.5 Å². The fraction of sp³-hybridized carbons (Fsp3) is 0.235. The maximum absolute atomic E-state index is 13.4. The Morgan fingerprint density at radius 2 is 1.91 bits per heavy atom. The molecule has 0 aliphatic carbocycles. The van der Waals surface area contributed by atoms with E-state index < -0.39 is 0 Å². The highest BCUT2D eigenvalue weighted by Gasteiger charge is 2.05. The summed E-state index contributed by atoms with van der Waals surface area (Å²) in [5.41, 5.74) is 1.33. The molecule has 0 unspecified atom stereocenters. The third-order valence-corrected chi connectivity index (χ3v) is 3.88. The van der Waals surface area contributed by atoms with Crippen LogP contribution in [0.2, 0.25) is 0 Å². The average Bonchev–Trinajstić information content (AvgIpc) is 2.51. The van der Waals surface area contributed by atoms with Gasteiger partial charge in [0, 0.05) is 11.4 Å². The van der Waals surface area contributed by atoms with E-state index in [1.54, 1.807) is 30.3 Å². The number of hydrogen-bond acceptors (Lipinski definition) is 3. The molecule has 2 aromatic rings. The Labute approximate surface area is 133 Å². The normalized spacial score (nSPS) is 10.3. The summed E-state index contributed by atoms with van der Waals surface area (Å²) in [6, 6.07) is 13.8. The Morgan fingerprint density at radius 3 is 2.59 bits per heavy atom. The molecule has 0 heterocycles. The summed E-state index contributed by atoms with van der Waals surface area (Å²) in [5.74, 6) is 1.19. The highest BCUT2D eigenvalue weighted by molar-refractivity contribution is 7.99. The molecule has 0 saturated heterocycles. The van der Waals surface area contributed by atoms with Crippen LogP contribution in [0, 0.1) is 5.82 Å². The Kier molecular flexibility index (Phi) is 6.27. The molecule has 0 bridgehead atoms. The second-order valence-electron chi connectivity index (χ2n) is 4.59. The number of rotatable bonds is 7. The van der Waals surface area contributed by atoms with Gasteiger partial charge in [0.1, 0.15) is 11.6 Å². The Balaban J connectivity index is 1.77. The van der Waals surface area contributed by atoms with Gasteiger partial charge in [-0.3, -0.25) is 4.79 Å². The van der Waals surface area contributed by atoms with Crippen LogP contribution in [0.5, 0.6) is 5.75 Å². The summed E-state index contributed by atoms with van der Waals surface area (Å²) in [6.07, 6.45) is 0. The lowest BCUT2D eigenvalue weighted by atomic mass is 10.2. The standard InChI is InChI=1S/C17H18FNO2S/c1-2-21-15-9-7-14(8-10-15)19-17(20)12-22-11-13-5-3-4-6-16(13)18/h3-10H,2,11-12H2,1H3,(H,19,20). The molecule has 5 heteroatoms. The molecule has 116 valence electrons. The smallest absolute Gasteiger partial charge is 0.234 e. The van der Waals surface area contributed by atoms with Crippen molar-refractivity contribution in [2.24, 2.45) is 0 Å². The van der Waals surface area contributed by atoms with Crippen LogP contribution in [0.15, 0.2) is 48.5 Å². The molecule has 0 aliphatic rings. The molecule has 2 aromatic carbocycles. The monoisotopic (exact) mass is 319 g/mol. The van der Waals surface area contributed by atoms with Gasteiger partial charge in [-0.25, -0.2) is 4.39 Å². The molecular weight excluding hydrogens is 301 g/mol. The van der Waals surface area contributed by atoms with Crippen LogP contribution in [0.3, 0.4) is 0 Å². The molecule has 1 N–H and O–H groups in total. The van der Waals surface area contributed by atoms with Crippen LogP contribution in [0.25, 0.3) is 0 Å². The van der Waals surface area contributed by atoms with Crippen molar-refractivity contribution in [3.05, 3.63) is 59.9 Å². The van der Waals surface area contributed by atoms with Gasteiger partial charge < -0.3 is 10.1 Å². The molecule has 22 heavy (non-hydrogen) atoms. The van der Waals surface area contributed by atoms with Crippen molar-refractivity contribution in [1.82, 2.24) is 0 Å². The summed E-state index contributed by atoms with van der Waals surface area (Å²) >= 11 is 1.38. The number of hydrogen-bond donors (Lipinski definition) is 1. The van der Waals surface area contributed by atoms with E-state index in [1.165, 1.54) is 17.8 Å². The van der Waals surface area contributed by atoms with E-state index >= 15 is 0 Å². The van der Waals surface area contributed by atoms with Crippen molar-refractivity contribution in [1.29, 1.82) is 0 Å². The minimum atomic E-state index is -0.234. The lowest BCUT2D eigenvalue weighted by Gasteiger charge is -2.07. The van der Waals surface area contributed by atoms with Crippen molar-refractivity contribution >= 4 is 23.4 Å². The third kappa shape index (κ3) is 5.07. The summed E-state index contributed by atoms with van der Waals surface area (Å²) in [6.45, 7) is 2.53. The zero-order valence-corrected chi connectivity index (χ0v) is 13.2. The maximum Gasteiger partial charge on any atom is 0.234 e. The number of halogens is 1. The lowest BCUT2D eigenvalue weighted by molar-refractivity contribution is -0.113. The van der Waals surface area contributed by atoms with Gasteiger partial charge in [-0.15, -0.1) is 11.8 Å². The number of carbonyl (C=O) groups excluding carboxylic acids is 1. The first-order valence-corrected chi connectivity index (χ1v) is 8.18. The second kappa shape index (κ2) is 8.44. The molecule has 0 spiro atoms.